The predicted octanol–water partition coefficient (Wildman–Crippen LogP) is 3.42. The molecule has 92 valence electrons. The number of Topliss-reactive ketones (excluding diaryl/α,β-unsaturated/α-hetero) is 1. The SMILES string of the molecule is CC(=O)c1cc([N+](=O)[O-])c(I)cc1C(F)(F)F. The van der Waals surface area contributed by atoms with Crippen LogP contribution in [0.25, 0.3) is 0 Å². The van der Waals surface area contributed by atoms with Gasteiger partial charge in [-0.25, -0.2) is 0 Å². The molecule has 0 fully saturated rings. The molecule has 0 atom stereocenters. The van der Waals surface area contributed by atoms with E-state index >= 15 is 0 Å². The number of nitro benzene ring substituents is 1. The Morgan fingerprint density at radius 1 is 1.41 bits per heavy atom. The number of hydrogen-bond acceptors (Lipinski definition) is 3. The average Bonchev–Trinajstić information content (AvgIpc) is 2.14. The third-order valence-electron chi connectivity index (χ3n) is 1.97. The van der Waals surface area contributed by atoms with Gasteiger partial charge in [0.15, 0.2) is 5.78 Å². The smallest absolute Gasteiger partial charge is 0.294 e. The first-order valence-electron chi connectivity index (χ1n) is 4.20. The van der Waals surface area contributed by atoms with Crippen LogP contribution in [0.1, 0.15) is 22.8 Å². The average molecular weight is 359 g/mol. The monoisotopic (exact) mass is 359 g/mol. The van der Waals surface area contributed by atoms with Gasteiger partial charge in [0.1, 0.15) is 0 Å². The molecule has 0 saturated carbocycles. The van der Waals surface area contributed by atoms with Crippen molar-refractivity contribution in [3.05, 3.63) is 36.9 Å². The quantitative estimate of drug-likeness (QED) is 0.352. The highest BCUT2D eigenvalue weighted by molar-refractivity contribution is 14.1. The zero-order chi connectivity index (χ0) is 13.4. The molecule has 0 unspecified atom stereocenters. The van der Waals surface area contributed by atoms with Crippen LogP contribution < -0.4 is 0 Å². The number of hydrogen-bond donors (Lipinski definition) is 0. The summed E-state index contributed by atoms with van der Waals surface area (Å²) in [6.45, 7) is 0.932. The van der Waals surface area contributed by atoms with Gasteiger partial charge in [-0.3, -0.25) is 14.9 Å². The van der Waals surface area contributed by atoms with E-state index in [9.17, 15) is 28.1 Å². The van der Waals surface area contributed by atoms with Gasteiger partial charge in [0.25, 0.3) is 5.69 Å². The fourth-order valence-electron chi connectivity index (χ4n) is 1.23. The molecule has 0 bridgehead atoms. The Morgan fingerprint density at radius 2 is 1.94 bits per heavy atom. The van der Waals surface area contributed by atoms with Gasteiger partial charge in [0, 0.05) is 11.6 Å². The summed E-state index contributed by atoms with van der Waals surface area (Å²) in [7, 11) is 0. The maximum absolute atomic E-state index is 12.6. The van der Waals surface area contributed by atoms with E-state index < -0.39 is 33.7 Å². The minimum absolute atomic E-state index is 0.162. The van der Waals surface area contributed by atoms with Crippen LogP contribution in [0.2, 0.25) is 0 Å². The zero-order valence-electron chi connectivity index (χ0n) is 8.34. The first-order valence-corrected chi connectivity index (χ1v) is 5.28. The number of carbonyl (C=O) groups is 1. The summed E-state index contributed by atoms with van der Waals surface area (Å²) in [6, 6.07) is 1.27. The molecule has 17 heavy (non-hydrogen) atoms. The predicted molar refractivity (Wildman–Crippen MR) is 60.8 cm³/mol. The first kappa shape index (κ1) is 13.9. The van der Waals surface area contributed by atoms with E-state index in [4.69, 9.17) is 0 Å². The lowest BCUT2D eigenvalue weighted by Gasteiger charge is -2.11. The Labute approximate surface area is 107 Å². The normalized spacial score (nSPS) is 11.4. The van der Waals surface area contributed by atoms with Crippen molar-refractivity contribution in [3.63, 3.8) is 0 Å². The van der Waals surface area contributed by atoms with Crippen molar-refractivity contribution in [2.45, 2.75) is 13.1 Å². The number of carbonyl (C=O) groups excluding carboxylic acids is 1. The fraction of sp³-hybridized carbons (Fsp3) is 0.222. The second-order valence-electron chi connectivity index (χ2n) is 3.16. The summed E-state index contributed by atoms with van der Waals surface area (Å²) in [5.41, 5.74) is -2.35. The standard InChI is InChI=1S/C9H5F3INO3/c1-4(15)5-2-8(14(16)17)7(13)3-6(5)9(10,11)12/h2-3H,1H3. The number of benzene rings is 1. The Kier molecular flexibility index (Phi) is 3.74. The summed E-state index contributed by atoms with van der Waals surface area (Å²) >= 11 is 1.43. The summed E-state index contributed by atoms with van der Waals surface area (Å²) in [6.07, 6.45) is -4.71. The molecular formula is C9H5F3INO3. The van der Waals surface area contributed by atoms with E-state index in [1.807, 2.05) is 0 Å². The largest absolute Gasteiger partial charge is 0.417 e. The Morgan fingerprint density at radius 3 is 2.29 bits per heavy atom. The number of halogens is 4. The zero-order valence-corrected chi connectivity index (χ0v) is 10.5. The lowest BCUT2D eigenvalue weighted by molar-refractivity contribution is -0.385. The first-order chi connectivity index (χ1) is 7.64. The molecular weight excluding hydrogens is 354 g/mol. The van der Waals surface area contributed by atoms with Crippen LogP contribution in [0.3, 0.4) is 0 Å². The van der Waals surface area contributed by atoms with Gasteiger partial charge >= 0.3 is 6.18 Å². The van der Waals surface area contributed by atoms with Gasteiger partial charge in [0.2, 0.25) is 0 Å². The third-order valence-corrected chi connectivity index (χ3v) is 2.83. The van der Waals surface area contributed by atoms with E-state index in [0.29, 0.717) is 12.1 Å². The van der Waals surface area contributed by atoms with Crippen molar-refractivity contribution in [1.82, 2.24) is 0 Å². The molecule has 0 N–H and O–H groups in total. The molecule has 0 aliphatic rings. The molecule has 1 rings (SSSR count). The molecule has 0 aromatic heterocycles. The van der Waals surface area contributed by atoms with Crippen LogP contribution in [0.5, 0.6) is 0 Å². The second-order valence-corrected chi connectivity index (χ2v) is 4.32. The van der Waals surface area contributed by atoms with Gasteiger partial charge in [-0.15, -0.1) is 0 Å². The van der Waals surface area contributed by atoms with Crippen LogP contribution in [-0.4, -0.2) is 10.7 Å². The maximum atomic E-state index is 12.6. The third kappa shape index (κ3) is 2.93. The van der Waals surface area contributed by atoms with Crippen LogP contribution in [0, 0.1) is 13.7 Å². The summed E-state index contributed by atoms with van der Waals surface area (Å²) in [4.78, 5) is 20.8. The van der Waals surface area contributed by atoms with Crippen molar-refractivity contribution in [2.75, 3.05) is 0 Å². The molecule has 1 aromatic rings. The Balaban J connectivity index is 3.58. The summed E-state index contributed by atoms with van der Waals surface area (Å²) in [5.74, 6) is -0.864. The molecule has 4 nitrogen and oxygen atoms in total. The lowest BCUT2D eigenvalue weighted by atomic mass is 10.0. The highest BCUT2D eigenvalue weighted by Gasteiger charge is 2.36. The highest BCUT2D eigenvalue weighted by Crippen LogP contribution is 2.36. The minimum atomic E-state index is -4.71. The minimum Gasteiger partial charge on any atom is -0.294 e. The van der Waals surface area contributed by atoms with Crippen LogP contribution in [-0.2, 0) is 6.18 Å². The van der Waals surface area contributed by atoms with Gasteiger partial charge in [0.05, 0.1) is 14.1 Å². The Bertz CT molecular complexity index is 499. The fourth-order valence-corrected chi connectivity index (χ4v) is 1.89. The number of ketones is 1. The molecule has 0 aliphatic heterocycles. The van der Waals surface area contributed by atoms with E-state index in [1.165, 1.54) is 22.6 Å². The summed E-state index contributed by atoms with van der Waals surface area (Å²) < 4.78 is 37.6. The van der Waals surface area contributed by atoms with Crippen molar-refractivity contribution >= 4 is 34.1 Å². The summed E-state index contributed by atoms with van der Waals surface area (Å²) in [5, 5.41) is 10.6. The number of rotatable bonds is 2. The number of alkyl halides is 3. The second kappa shape index (κ2) is 4.59. The van der Waals surface area contributed by atoms with Crippen LogP contribution >= 0.6 is 22.6 Å². The van der Waals surface area contributed by atoms with Gasteiger partial charge in [-0.2, -0.15) is 13.2 Å². The van der Waals surface area contributed by atoms with Crippen molar-refractivity contribution in [1.29, 1.82) is 0 Å². The molecule has 0 aliphatic carbocycles. The topological polar surface area (TPSA) is 60.2 Å². The molecule has 0 amide bonds. The molecule has 0 radical (unpaired) electrons. The van der Waals surface area contributed by atoms with Crippen molar-refractivity contribution < 1.29 is 22.9 Å². The number of nitro groups is 1. The molecule has 0 heterocycles. The molecule has 1 aromatic carbocycles. The molecule has 8 heteroatoms. The lowest BCUT2D eigenvalue weighted by Crippen LogP contribution is -2.13. The van der Waals surface area contributed by atoms with Gasteiger partial charge < -0.3 is 0 Å². The van der Waals surface area contributed by atoms with Crippen LogP contribution in [0.15, 0.2) is 12.1 Å². The van der Waals surface area contributed by atoms with Crippen molar-refractivity contribution in [2.24, 2.45) is 0 Å². The number of nitrogens with zero attached hydrogens (tertiary/aromatic N) is 1. The highest BCUT2D eigenvalue weighted by atomic mass is 127. The van der Waals surface area contributed by atoms with E-state index in [2.05, 4.69) is 0 Å². The van der Waals surface area contributed by atoms with E-state index in [-0.39, 0.29) is 3.57 Å². The van der Waals surface area contributed by atoms with Crippen LogP contribution in [0.4, 0.5) is 18.9 Å². The van der Waals surface area contributed by atoms with Gasteiger partial charge in [-0.1, -0.05) is 0 Å². The van der Waals surface area contributed by atoms with Crippen molar-refractivity contribution in [3.8, 4) is 0 Å². The van der Waals surface area contributed by atoms with E-state index in [0.717, 1.165) is 6.92 Å². The molecule has 0 saturated heterocycles. The molecule has 0 spiro atoms. The maximum Gasteiger partial charge on any atom is 0.417 e. The Hall–Kier alpha value is -1.19. The van der Waals surface area contributed by atoms with Gasteiger partial charge in [-0.05, 0) is 35.6 Å². The van der Waals surface area contributed by atoms with E-state index in [1.54, 1.807) is 0 Å².